The molecule has 0 radical (unpaired) electrons. The molecule has 0 bridgehead atoms. The van der Waals surface area contributed by atoms with Gasteiger partial charge in [-0.15, -0.1) is 0 Å². The monoisotopic (exact) mass is 378 g/mol. The minimum Gasteiger partial charge on any atom is -0.506 e. The Morgan fingerprint density at radius 1 is 1.11 bits per heavy atom. The maximum atomic E-state index is 10.1. The van der Waals surface area contributed by atoms with Gasteiger partial charge in [-0.05, 0) is 24.3 Å². The van der Waals surface area contributed by atoms with Crippen LogP contribution in [0.25, 0.3) is 5.65 Å². The van der Waals surface area contributed by atoms with E-state index in [-0.39, 0.29) is 0 Å². The van der Waals surface area contributed by atoms with E-state index in [4.69, 9.17) is 0 Å². The fourth-order valence-electron chi connectivity index (χ4n) is 3.63. The molecule has 146 valence electrons. The van der Waals surface area contributed by atoms with E-state index >= 15 is 0 Å². The van der Waals surface area contributed by atoms with Crippen molar-refractivity contribution in [3.05, 3.63) is 60.6 Å². The molecule has 1 aliphatic heterocycles. The van der Waals surface area contributed by atoms with Crippen molar-refractivity contribution < 1.29 is 5.11 Å². The number of aromatic hydroxyl groups is 1. The molecule has 0 saturated carbocycles. The number of nitrogens with zero attached hydrogens (tertiary/aromatic N) is 5. The average Bonchev–Trinajstić information content (AvgIpc) is 3.15. The van der Waals surface area contributed by atoms with Crippen LogP contribution in [0, 0.1) is 0 Å². The van der Waals surface area contributed by atoms with Crippen molar-refractivity contribution in [2.45, 2.75) is 6.42 Å². The molecule has 28 heavy (non-hydrogen) atoms. The number of aliphatic imine (C=N–C) groups is 1. The van der Waals surface area contributed by atoms with Crippen molar-refractivity contribution in [1.82, 2.24) is 19.6 Å². The summed E-state index contributed by atoms with van der Waals surface area (Å²) in [5.74, 6) is 1.26. The van der Waals surface area contributed by atoms with Gasteiger partial charge < -0.3 is 24.6 Å². The standard InChI is InChI=1S/C21H26N6O/c1-22-21(23-10-9-17-16-27-11-5-4-8-20(27)24-17)26-14-12-25(13-15-26)18-6-2-3-7-19(18)28/h2-8,11,16,28H,9-10,12-15H2,1H3,(H,22,23). The number of hydrogen-bond donors (Lipinski definition) is 2. The second-order valence-corrected chi connectivity index (χ2v) is 6.89. The molecule has 0 amide bonds. The number of para-hydroxylation sites is 2. The predicted octanol–water partition coefficient (Wildman–Crippen LogP) is 1.98. The summed E-state index contributed by atoms with van der Waals surface area (Å²) in [4.78, 5) is 13.6. The molecule has 1 aliphatic rings. The van der Waals surface area contributed by atoms with Gasteiger partial charge in [-0.1, -0.05) is 18.2 Å². The van der Waals surface area contributed by atoms with Crippen LogP contribution in [0.5, 0.6) is 5.75 Å². The van der Waals surface area contributed by atoms with Gasteiger partial charge >= 0.3 is 0 Å². The van der Waals surface area contributed by atoms with Crippen molar-refractivity contribution in [3.63, 3.8) is 0 Å². The zero-order valence-electron chi connectivity index (χ0n) is 16.1. The number of piperazine rings is 1. The van der Waals surface area contributed by atoms with Gasteiger partial charge in [0.25, 0.3) is 0 Å². The van der Waals surface area contributed by atoms with E-state index < -0.39 is 0 Å². The maximum Gasteiger partial charge on any atom is 0.193 e. The highest BCUT2D eigenvalue weighted by Gasteiger charge is 2.21. The van der Waals surface area contributed by atoms with E-state index in [9.17, 15) is 5.11 Å². The Hall–Kier alpha value is -3.22. The Balaban J connectivity index is 1.29. The highest BCUT2D eigenvalue weighted by Crippen LogP contribution is 2.27. The molecule has 0 spiro atoms. The Kier molecular flexibility index (Phi) is 5.32. The maximum absolute atomic E-state index is 10.1. The third-order valence-corrected chi connectivity index (χ3v) is 5.09. The molecule has 7 nitrogen and oxygen atoms in total. The van der Waals surface area contributed by atoms with Crippen LogP contribution in [0.1, 0.15) is 5.69 Å². The zero-order chi connectivity index (χ0) is 19.3. The first-order valence-corrected chi connectivity index (χ1v) is 9.66. The summed E-state index contributed by atoms with van der Waals surface area (Å²) in [5, 5.41) is 13.5. The number of benzene rings is 1. The van der Waals surface area contributed by atoms with E-state index in [0.717, 1.165) is 62.1 Å². The summed E-state index contributed by atoms with van der Waals surface area (Å²) < 4.78 is 2.04. The molecular weight excluding hydrogens is 352 g/mol. The van der Waals surface area contributed by atoms with E-state index in [1.54, 1.807) is 6.07 Å². The van der Waals surface area contributed by atoms with Gasteiger partial charge in [-0.3, -0.25) is 4.99 Å². The van der Waals surface area contributed by atoms with Crippen molar-refractivity contribution in [3.8, 4) is 5.75 Å². The van der Waals surface area contributed by atoms with Crippen LogP contribution in [-0.2, 0) is 6.42 Å². The van der Waals surface area contributed by atoms with Crippen molar-refractivity contribution in [1.29, 1.82) is 0 Å². The van der Waals surface area contributed by atoms with E-state index in [2.05, 4.69) is 31.3 Å². The summed E-state index contributed by atoms with van der Waals surface area (Å²) in [5.41, 5.74) is 2.94. The first kappa shape index (κ1) is 18.2. The lowest BCUT2D eigenvalue weighted by Gasteiger charge is -2.37. The van der Waals surface area contributed by atoms with Crippen LogP contribution in [0.4, 0.5) is 5.69 Å². The largest absolute Gasteiger partial charge is 0.506 e. The molecule has 0 atom stereocenters. The Labute approximate surface area is 164 Å². The Morgan fingerprint density at radius 3 is 2.64 bits per heavy atom. The zero-order valence-corrected chi connectivity index (χ0v) is 16.1. The van der Waals surface area contributed by atoms with Gasteiger partial charge in [-0.25, -0.2) is 4.98 Å². The molecule has 7 heteroatoms. The van der Waals surface area contributed by atoms with Crippen LogP contribution in [0.3, 0.4) is 0 Å². The molecule has 2 N–H and O–H groups in total. The van der Waals surface area contributed by atoms with E-state index in [1.165, 1.54) is 0 Å². The number of anilines is 1. The second-order valence-electron chi connectivity index (χ2n) is 6.89. The minimum absolute atomic E-state index is 0.339. The topological polar surface area (TPSA) is 68.4 Å². The molecule has 0 aliphatic carbocycles. The number of phenols is 1. The molecule has 3 heterocycles. The first-order valence-electron chi connectivity index (χ1n) is 9.66. The average molecular weight is 378 g/mol. The van der Waals surface area contributed by atoms with E-state index in [0.29, 0.717) is 5.75 Å². The molecule has 2 aromatic heterocycles. The number of nitrogens with one attached hydrogen (secondary N) is 1. The fraction of sp³-hybridized carbons (Fsp3) is 0.333. The molecule has 1 fully saturated rings. The number of guanidine groups is 1. The normalized spacial score (nSPS) is 15.2. The number of aromatic nitrogens is 2. The number of hydrogen-bond acceptors (Lipinski definition) is 4. The number of imidazole rings is 1. The first-order chi connectivity index (χ1) is 13.7. The van der Waals surface area contributed by atoms with Gasteiger partial charge in [0.05, 0.1) is 11.4 Å². The summed E-state index contributed by atoms with van der Waals surface area (Å²) >= 11 is 0. The van der Waals surface area contributed by atoms with Gasteiger partial charge in [-0.2, -0.15) is 0 Å². The minimum atomic E-state index is 0.339. The lowest BCUT2D eigenvalue weighted by Crippen LogP contribution is -2.52. The number of rotatable bonds is 4. The van der Waals surface area contributed by atoms with Gasteiger partial charge in [0.15, 0.2) is 5.96 Å². The molecular formula is C21H26N6O. The van der Waals surface area contributed by atoms with Crippen molar-refractivity contribution >= 4 is 17.3 Å². The van der Waals surface area contributed by atoms with Gasteiger partial charge in [0.1, 0.15) is 11.4 Å². The smallest absolute Gasteiger partial charge is 0.193 e. The highest BCUT2D eigenvalue weighted by molar-refractivity contribution is 5.80. The molecule has 0 unspecified atom stereocenters. The van der Waals surface area contributed by atoms with Crippen molar-refractivity contribution in [2.24, 2.45) is 4.99 Å². The molecule has 1 saturated heterocycles. The summed E-state index contributed by atoms with van der Waals surface area (Å²) in [6.45, 7) is 4.22. The summed E-state index contributed by atoms with van der Waals surface area (Å²) in [7, 11) is 1.82. The van der Waals surface area contributed by atoms with Crippen molar-refractivity contribution in [2.75, 3.05) is 44.7 Å². The molecule has 4 rings (SSSR count). The second kappa shape index (κ2) is 8.21. The van der Waals surface area contributed by atoms with Gasteiger partial charge in [0, 0.05) is 58.6 Å². The summed E-state index contributed by atoms with van der Waals surface area (Å²) in [6.07, 6.45) is 4.94. The van der Waals surface area contributed by atoms with Crippen LogP contribution >= 0.6 is 0 Å². The SMILES string of the molecule is CN=C(NCCc1cn2ccccc2n1)N1CCN(c2ccccc2O)CC1. The predicted molar refractivity (Wildman–Crippen MR) is 112 cm³/mol. The number of fused-ring (bicyclic) bond motifs is 1. The fourth-order valence-corrected chi connectivity index (χ4v) is 3.63. The highest BCUT2D eigenvalue weighted by atomic mass is 16.3. The lowest BCUT2D eigenvalue weighted by atomic mass is 10.2. The van der Waals surface area contributed by atoms with Crippen LogP contribution in [-0.4, -0.2) is 65.1 Å². The third kappa shape index (κ3) is 3.88. The van der Waals surface area contributed by atoms with E-state index in [1.807, 2.05) is 54.0 Å². The lowest BCUT2D eigenvalue weighted by molar-refractivity contribution is 0.370. The van der Waals surface area contributed by atoms with Gasteiger partial charge in [0.2, 0.25) is 0 Å². The third-order valence-electron chi connectivity index (χ3n) is 5.09. The van der Waals surface area contributed by atoms with Crippen LogP contribution in [0.15, 0.2) is 59.9 Å². The Morgan fingerprint density at radius 2 is 1.89 bits per heavy atom. The number of pyridine rings is 1. The van der Waals surface area contributed by atoms with Crippen LogP contribution < -0.4 is 10.2 Å². The Bertz CT molecular complexity index is 925. The van der Waals surface area contributed by atoms with Crippen LogP contribution in [0.2, 0.25) is 0 Å². The quantitative estimate of drug-likeness (QED) is 0.537. The molecule has 1 aromatic carbocycles. The number of phenolic OH excluding ortho intramolecular Hbond substituents is 1. The summed E-state index contributed by atoms with van der Waals surface area (Å²) in [6, 6.07) is 13.5. The molecule has 3 aromatic rings.